The molecule has 0 radical (unpaired) electrons. The maximum absolute atomic E-state index is 12.1. The van der Waals surface area contributed by atoms with E-state index in [1.54, 1.807) is 6.92 Å². The molecule has 0 saturated carbocycles. The Morgan fingerprint density at radius 2 is 1.59 bits per heavy atom. The van der Waals surface area contributed by atoms with Crippen molar-refractivity contribution in [3.8, 4) is 5.75 Å². The summed E-state index contributed by atoms with van der Waals surface area (Å²) in [5.41, 5.74) is 0.281. The molecule has 0 spiro atoms. The summed E-state index contributed by atoms with van der Waals surface area (Å²) in [6.45, 7) is 1.82. The fourth-order valence-electron chi connectivity index (χ4n) is 1.98. The number of halogens is 3. The van der Waals surface area contributed by atoms with Crippen LogP contribution in [0.3, 0.4) is 0 Å². The summed E-state index contributed by atoms with van der Waals surface area (Å²) in [5.74, 6) is -1.60. The number of carbonyl (C=O) groups excluding carboxylic acids is 3. The molecule has 1 aromatic carbocycles. The lowest BCUT2D eigenvalue weighted by Crippen LogP contribution is -2.42. The van der Waals surface area contributed by atoms with Crippen LogP contribution in [0.25, 0.3) is 0 Å². The maximum Gasteiger partial charge on any atom is 0.573 e. The Kier molecular flexibility index (Phi) is 8.52. The van der Waals surface area contributed by atoms with Gasteiger partial charge in [0, 0.05) is 12.2 Å². The van der Waals surface area contributed by atoms with E-state index in [-0.39, 0.29) is 31.2 Å². The van der Waals surface area contributed by atoms with E-state index in [1.165, 1.54) is 24.1 Å². The lowest BCUT2D eigenvalue weighted by molar-refractivity contribution is -0.274. The number of ether oxygens (including phenoxy) is 1. The first-order valence-electron chi connectivity index (χ1n) is 7.96. The van der Waals surface area contributed by atoms with Gasteiger partial charge in [0.1, 0.15) is 5.75 Å². The number of likely N-dealkylation sites (N-methyl/N-ethyl adjacent to an activating group) is 2. The zero-order valence-electron chi connectivity index (χ0n) is 14.9. The van der Waals surface area contributed by atoms with Crippen molar-refractivity contribution < 1.29 is 32.3 Å². The van der Waals surface area contributed by atoms with E-state index in [9.17, 15) is 27.6 Å². The molecule has 27 heavy (non-hydrogen) atoms. The topological polar surface area (TPSA) is 99.8 Å². The molecule has 0 saturated heterocycles. The van der Waals surface area contributed by atoms with Gasteiger partial charge in [0.25, 0.3) is 0 Å². The molecule has 1 aromatic rings. The lowest BCUT2D eigenvalue weighted by Gasteiger charge is -2.16. The molecule has 0 bridgehead atoms. The number of hydrogen-bond acceptors (Lipinski definition) is 5. The molecule has 8 nitrogen and oxygen atoms in total. The summed E-state index contributed by atoms with van der Waals surface area (Å²) >= 11 is 0. The highest BCUT2D eigenvalue weighted by Crippen LogP contribution is 2.23. The molecule has 150 valence electrons. The smallest absolute Gasteiger partial charge is 0.406 e. The fourth-order valence-corrected chi connectivity index (χ4v) is 1.98. The number of benzene rings is 1. The zero-order chi connectivity index (χ0) is 20.4. The fraction of sp³-hybridized carbons (Fsp3) is 0.438. The number of nitrogens with one attached hydrogen (secondary N) is 3. The van der Waals surface area contributed by atoms with Gasteiger partial charge in [0.05, 0.1) is 19.6 Å². The van der Waals surface area contributed by atoms with Gasteiger partial charge in [0.2, 0.25) is 17.7 Å². The van der Waals surface area contributed by atoms with Crippen molar-refractivity contribution in [3.05, 3.63) is 24.3 Å². The average Bonchev–Trinajstić information content (AvgIpc) is 2.53. The molecular weight excluding hydrogens is 369 g/mol. The van der Waals surface area contributed by atoms with Crippen LogP contribution in [-0.2, 0) is 14.4 Å². The summed E-state index contributed by atoms with van der Waals surface area (Å²) in [6.07, 6.45) is -4.79. The van der Waals surface area contributed by atoms with E-state index in [0.717, 1.165) is 12.1 Å². The highest BCUT2D eigenvalue weighted by atomic mass is 19.4. The first-order chi connectivity index (χ1) is 12.6. The van der Waals surface area contributed by atoms with Crippen molar-refractivity contribution in [1.82, 2.24) is 15.5 Å². The number of carbonyl (C=O) groups is 3. The second-order valence-corrected chi connectivity index (χ2v) is 5.52. The minimum atomic E-state index is -4.79. The Labute approximate surface area is 154 Å². The Morgan fingerprint density at radius 3 is 2.15 bits per heavy atom. The third kappa shape index (κ3) is 10.0. The van der Waals surface area contributed by atoms with Crippen LogP contribution in [0.15, 0.2) is 24.3 Å². The Morgan fingerprint density at radius 1 is 1.00 bits per heavy atom. The van der Waals surface area contributed by atoms with E-state index < -0.39 is 23.9 Å². The van der Waals surface area contributed by atoms with Crippen molar-refractivity contribution in [3.63, 3.8) is 0 Å². The van der Waals surface area contributed by atoms with Crippen LogP contribution in [-0.4, -0.2) is 62.2 Å². The third-order valence-corrected chi connectivity index (χ3v) is 3.02. The molecule has 3 amide bonds. The van der Waals surface area contributed by atoms with E-state index >= 15 is 0 Å². The molecule has 0 atom stereocenters. The number of anilines is 1. The largest absolute Gasteiger partial charge is 0.573 e. The van der Waals surface area contributed by atoms with E-state index in [4.69, 9.17) is 0 Å². The average molecular weight is 390 g/mol. The molecular formula is C16H21F3N4O4. The van der Waals surface area contributed by atoms with Gasteiger partial charge in [0.15, 0.2) is 0 Å². The van der Waals surface area contributed by atoms with E-state index in [1.807, 2.05) is 0 Å². The van der Waals surface area contributed by atoms with Crippen LogP contribution in [0.1, 0.15) is 6.92 Å². The monoisotopic (exact) mass is 390 g/mol. The number of alkyl halides is 3. The van der Waals surface area contributed by atoms with Gasteiger partial charge in [-0.05, 0) is 38.2 Å². The second kappa shape index (κ2) is 10.4. The van der Waals surface area contributed by atoms with Crippen molar-refractivity contribution >= 4 is 23.4 Å². The van der Waals surface area contributed by atoms with Gasteiger partial charge in [-0.3, -0.25) is 19.3 Å². The molecule has 3 N–H and O–H groups in total. The summed E-state index contributed by atoms with van der Waals surface area (Å²) in [6, 6.07) is 4.67. The van der Waals surface area contributed by atoms with Crippen LogP contribution in [0.2, 0.25) is 0 Å². The third-order valence-electron chi connectivity index (χ3n) is 3.02. The highest BCUT2D eigenvalue weighted by molar-refractivity contribution is 5.92. The minimum Gasteiger partial charge on any atom is -0.406 e. The van der Waals surface area contributed by atoms with Gasteiger partial charge in [-0.25, -0.2) is 0 Å². The molecule has 0 fully saturated rings. The first kappa shape index (κ1) is 22.2. The van der Waals surface area contributed by atoms with Crippen LogP contribution in [0.4, 0.5) is 18.9 Å². The predicted molar refractivity (Wildman–Crippen MR) is 90.9 cm³/mol. The van der Waals surface area contributed by atoms with Crippen molar-refractivity contribution in [1.29, 1.82) is 0 Å². The number of hydrogen-bond donors (Lipinski definition) is 3. The van der Waals surface area contributed by atoms with Gasteiger partial charge in [-0.15, -0.1) is 13.2 Å². The molecule has 0 aromatic heterocycles. The number of rotatable bonds is 9. The van der Waals surface area contributed by atoms with Crippen LogP contribution >= 0.6 is 0 Å². The molecule has 1 rings (SSSR count). The van der Waals surface area contributed by atoms with Crippen molar-refractivity contribution in [2.24, 2.45) is 0 Å². The Bertz CT molecular complexity index is 650. The molecule has 11 heteroatoms. The predicted octanol–water partition coefficient (Wildman–Crippen LogP) is 0.708. The van der Waals surface area contributed by atoms with Crippen molar-refractivity contribution in [2.45, 2.75) is 13.3 Å². The summed E-state index contributed by atoms with van der Waals surface area (Å²) in [5, 5.41) is 7.43. The lowest BCUT2D eigenvalue weighted by atomic mass is 10.3. The zero-order valence-corrected chi connectivity index (χ0v) is 14.9. The molecule has 0 heterocycles. The van der Waals surface area contributed by atoms with Gasteiger partial charge in [-0.2, -0.15) is 0 Å². The SMILES string of the molecule is CCNC(=O)CNC(=O)CN(C)CC(=O)Nc1ccc(OC(F)(F)F)cc1. The molecule has 0 aliphatic carbocycles. The van der Waals surface area contributed by atoms with Crippen LogP contribution in [0, 0.1) is 0 Å². The Hall–Kier alpha value is -2.82. The molecule has 0 aliphatic rings. The quantitative estimate of drug-likeness (QED) is 0.577. The Balaban J connectivity index is 2.38. The van der Waals surface area contributed by atoms with Crippen LogP contribution in [0.5, 0.6) is 5.75 Å². The van der Waals surface area contributed by atoms with Crippen molar-refractivity contribution in [2.75, 3.05) is 38.5 Å². The summed E-state index contributed by atoms with van der Waals surface area (Å²) in [7, 11) is 1.53. The maximum atomic E-state index is 12.1. The molecule has 0 unspecified atom stereocenters. The molecule has 0 aliphatic heterocycles. The normalized spacial score (nSPS) is 11.0. The minimum absolute atomic E-state index is 0.106. The van der Waals surface area contributed by atoms with Gasteiger partial charge in [-0.1, -0.05) is 0 Å². The van der Waals surface area contributed by atoms with E-state index in [0.29, 0.717) is 6.54 Å². The number of amides is 3. The first-order valence-corrected chi connectivity index (χ1v) is 7.96. The summed E-state index contributed by atoms with van der Waals surface area (Å²) in [4.78, 5) is 36.3. The second-order valence-electron chi connectivity index (χ2n) is 5.52. The highest BCUT2D eigenvalue weighted by Gasteiger charge is 2.30. The van der Waals surface area contributed by atoms with Crippen LogP contribution < -0.4 is 20.7 Å². The summed E-state index contributed by atoms with van der Waals surface area (Å²) < 4.78 is 40.0. The van der Waals surface area contributed by atoms with Gasteiger partial charge < -0.3 is 20.7 Å². The standard InChI is InChI=1S/C16H21F3N4O4/c1-3-20-13(24)8-21-14(25)9-23(2)10-15(26)22-11-4-6-12(7-5-11)27-16(17,18)19/h4-7H,3,8-10H2,1-2H3,(H,20,24)(H,21,25)(H,22,26). The van der Waals surface area contributed by atoms with E-state index in [2.05, 4.69) is 20.7 Å². The number of nitrogens with zero attached hydrogens (tertiary/aromatic N) is 1. The van der Waals surface area contributed by atoms with Gasteiger partial charge >= 0.3 is 6.36 Å².